The van der Waals surface area contributed by atoms with Gasteiger partial charge in [-0.25, -0.2) is 4.39 Å². The number of anilines is 2. The van der Waals surface area contributed by atoms with Crippen LogP contribution in [-0.2, 0) is 21.8 Å². The summed E-state index contributed by atoms with van der Waals surface area (Å²) in [7, 11) is 1.36. The molecular weight excluding hydrogens is 669 g/mol. The van der Waals surface area contributed by atoms with Gasteiger partial charge in [0, 0.05) is 28.6 Å². The Kier molecular flexibility index (Phi) is 8.89. The molecule has 0 atom stereocenters. The van der Waals surface area contributed by atoms with Gasteiger partial charge >= 0.3 is 12.4 Å². The summed E-state index contributed by atoms with van der Waals surface area (Å²) in [5.41, 5.74) is -2.28. The van der Waals surface area contributed by atoms with Crippen LogP contribution in [0.4, 0.5) is 42.1 Å². The summed E-state index contributed by atoms with van der Waals surface area (Å²) in [5, 5.41) is 4.96. The number of hydrogen-bond donors (Lipinski definition) is 2. The number of thiophene rings is 1. The van der Waals surface area contributed by atoms with Crippen molar-refractivity contribution in [3.63, 3.8) is 0 Å². The van der Waals surface area contributed by atoms with Gasteiger partial charge in [0.05, 0.1) is 42.7 Å². The normalized spacial score (nSPS) is 16.8. The van der Waals surface area contributed by atoms with E-state index in [2.05, 4.69) is 10.6 Å². The van der Waals surface area contributed by atoms with Crippen LogP contribution in [-0.4, -0.2) is 37.9 Å². The van der Waals surface area contributed by atoms with Gasteiger partial charge in [0.2, 0.25) is 0 Å². The molecule has 0 unspecified atom stereocenters. The molecule has 1 aromatic heterocycles. The molecule has 254 valence electrons. The fourth-order valence-electron chi connectivity index (χ4n) is 6.08. The number of methoxy groups -OCH3 is 1. The third-order valence-corrected chi connectivity index (χ3v) is 9.64. The van der Waals surface area contributed by atoms with Crippen molar-refractivity contribution in [1.82, 2.24) is 0 Å². The van der Waals surface area contributed by atoms with E-state index >= 15 is 0 Å². The number of hydrogen-bond acceptors (Lipinski definition) is 6. The van der Waals surface area contributed by atoms with Gasteiger partial charge in [0.25, 0.3) is 11.8 Å². The molecule has 1 aliphatic heterocycles. The Bertz CT molecular complexity index is 1870. The van der Waals surface area contributed by atoms with Crippen LogP contribution in [0.3, 0.4) is 0 Å². The van der Waals surface area contributed by atoms with E-state index in [4.69, 9.17) is 14.2 Å². The van der Waals surface area contributed by atoms with Crippen molar-refractivity contribution in [2.24, 2.45) is 0 Å². The van der Waals surface area contributed by atoms with Crippen LogP contribution in [0.2, 0.25) is 0 Å². The minimum Gasteiger partial charge on any atom is -0.496 e. The second-order valence-electron chi connectivity index (χ2n) is 11.5. The second-order valence-corrected chi connectivity index (χ2v) is 12.5. The highest BCUT2D eigenvalue weighted by Crippen LogP contribution is 2.44. The number of alkyl halides is 6. The summed E-state index contributed by atoms with van der Waals surface area (Å²) in [4.78, 5) is 27.0. The lowest BCUT2D eigenvalue weighted by Gasteiger charge is -2.35. The first kappa shape index (κ1) is 33.7. The first-order valence-electron chi connectivity index (χ1n) is 14.8. The average Bonchev–Trinajstić information content (AvgIpc) is 3.65. The fraction of sp³-hybridized carbons (Fsp3) is 0.333. The van der Waals surface area contributed by atoms with Gasteiger partial charge in [0.15, 0.2) is 5.79 Å². The molecule has 2 fully saturated rings. The zero-order valence-corrected chi connectivity index (χ0v) is 25.9. The molecule has 2 aliphatic rings. The number of carbonyl (C=O) groups excluding carboxylic acids is 2. The first-order valence-corrected chi connectivity index (χ1v) is 15.6. The molecule has 3 aromatic carbocycles. The molecule has 2 amide bonds. The monoisotopic (exact) mass is 696 g/mol. The predicted molar refractivity (Wildman–Crippen MR) is 163 cm³/mol. The molecule has 2 heterocycles. The van der Waals surface area contributed by atoms with Crippen molar-refractivity contribution in [2.75, 3.05) is 31.0 Å². The summed E-state index contributed by atoms with van der Waals surface area (Å²) in [5.74, 6) is -3.65. The maximum Gasteiger partial charge on any atom is 0.419 e. The van der Waals surface area contributed by atoms with E-state index in [-0.39, 0.29) is 37.9 Å². The largest absolute Gasteiger partial charge is 0.496 e. The highest BCUT2D eigenvalue weighted by molar-refractivity contribution is 7.21. The predicted octanol–water partition coefficient (Wildman–Crippen LogP) is 8.99. The minimum absolute atomic E-state index is 0.0198. The van der Waals surface area contributed by atoms with Crippen LogP contribution < -0.4 is 15.4 Å². The zero-order valence-electron chi connectivity index (χ0n) is 25.1. The minimum atomic E-state index is -5.06. The average molecular weight is 697 g/mol. The van der Waals surface area contributed by atoms with E-state index in [0.29, 0.717) is 49.5 Å². The summed E-state index contributed by atoms with van der Waals surface area (Å²) in [6.07, 6.45) is -6.97. The molecule has 0 radical (unpaired) electrons. The summed E-state index contributed by atoms with van der Waals surface area (Å²) in [6.45, 7) is 1.07. The molecule has 6 rings (SSSR count). The van der Waals surface area contributed by atoms with Crippen LogP contribution in [0.5, 0.6) is 5.75 Å². The molecule has 0 bridgehead atoms. The zero-order chi connectivity index (χ0) is 34.4. The fourth-order valence-corrected chi connectivity index (χ4v) is 7.17. The van der Waals surface area contributed by atoms with Crippen molar-refractivity contribution >= 4 is 44.6 Å². The Morgan fingerprint density at radius 2 is 1.58 bits per heavy atom. The van der Waals surface area contributed by atoms with Crippen molar-refractivity contribution in [2.45, 2.75) is 49.7 Å². The first-order chi connectivity index (χ1) is 22.7. The Morgan fingerprint density at radius 3 is 2.23 bits per heavy atom. The van der Waals surface area contributed by atoms with Crippen molar-refractivity contribution in [3.05, 3.63) is 87.5 Å². The number of ether oxygens (including phenoxy) is 3. The molecule has 1 spiro atoms. The van der Waals surface area contributed by atoms with Crippen LogP contribution in [0.15, 0.2) is 54.6 Å². The molecule has 7 nitrogen and oxygen atoms in total. The van der Waals surface area contributed by atoms with Crippen LogP contribution in [0.25, 0.3) is 10.1 Å². The third-order valence-electron chi connectivity index (χ3n) is 8.49. The lowest BCUT2D eigenvalue weighted by molar-refractivity contribution is -0.178. The Balaban J connectivity index is 1.33. The van der Waals surface area contributed by atoms with Gasteiger partial charge < -0.3 is 24.8 Å². The van der Waals surface area contributed by atoms with E-state index in [1.54, 1.807) is 12.1 Å². The van der Waals surface area contributed by atoms with Crippen molar-refractivity contribution in [1.29, 1.82) is 0 Å². The molecule has 2 N–H and O–H groups in total. The quantitative estimate of drug-likeness (QED) is 0.197. The van der Waals surface area contributed by atoms with E-state index in [0.717, 1.165) is 42.7 Å². The van der Waals surface area contributed by atoms with Crippen LogP contribution >= 0.6 is 11.3 Å². The van der Waals surface area contributed by atoms with E-state index < -0.39 is 52.6 Å². The molecule has 48 heavy (non-hydrogen) atoms. The highest BCUT2D eigenvalue weighted by Gasteiger charge is 2.41. The Labute approximate surface area is 273 Å². The van der Waals surface area contributed by atoms with Crippen molar-refractivity contribution < 1.29 is 54.5 Å². The van der Waals surface area contributed by atoms with E-state index in [9.17, 15) is 40.3 Å². The number of rotatable bonds is 6. The summed E-state index contributed by atoms with van der Waals surface area (Å²) >= 11 is 0.599. The number of halogens is 7. The molecule has 4 aromatic rings. The highest BCUT2D eigenvalue weighted by atomic mass is 32.1. The number of amides is 2. The molecule has 15 heteroatoms. The lowest BCUT2D eigenvalue weighted by atomic mass is 9.80. The maximum atomic E-state index is 13.9. The smallest absolute Gasteiger partial charge is 0.419 e. The molecule has 1 saturated heterocycles. The van der Waals surface area contributed by atoms with Gasteiger partial charge in [-0.05, 0) is 66.8 Å². The van der Waals surface area contributed by atoms with Gasteiger partial charge in [-0.1, -0.05) is 12.1 Å². The van der Waals surface area contributed by atoms with Crippen molar-refractivity contribution in [3.8, 4) is 5.75 Å². The summed E-state index contributed by atoms with van der Waals surface area (Å²) < 4.78 is 111. The molecule has 1 saturated carbocycles. The topological polar surface area (TPSA) is 85.9 Å². The van der Waals surface area contributed by atoms with Gasteiger partial charge in [0.1, 0.15) is 16.4 Å². The number of carbonyl (C=O) groups is 2. The standard InChI is InChI=1S/C33H27F7N2O5S/c1-45-25-7-2-18(17-8-10-31(11-9-17)46-12-13-47-31)14-22(25)29(43)42-27-21-5-3-19(32(35,36)37)15-26(21)48-28(27)30(44)41-20-4-6-24(34)23(16-20)33(38,39)40/h2-7,14-17H,8-13H2,1H3,(H,41,44)(H,42,43). The molecule has 1 aliphatic carbocycles. The number of fused-ring (bicyclic) bond motifs is 1. The number of nitrogens with one attached hydrogen (secondary N) is 2. The van der Waals surface area contributed by atoms with Crippen LogP contribution in [0.1, 0.15) is 68.3 Å². The Morgan fingerprint density at radius 1 is 0.875 bits per heavy atom. The van der Waals surface area contributed by atoms with Crippen LogP contribution in [0, 0.1) is 5.82 Å². The van der Waals surface area contributed by atoms with E-state index in [1.807, 2.05) is 6.07 Å². The van der Waals surface area contributed by atoms with E-state index in [1.165, 1.54) is 7.11 Å². The summed E-state index contributed by atoms with van der Waals surface area (Å²) in [6, 6.07) is 9.64. The Hall–Kier alpha value is -4.21. The SMILES string of the molecule is COc1ccc(C2CCC3(CC2)OCCO3)cc1C(=O)Nc1c(C(=O)Nc2ccc(F)c(C(F)(F)F)c2)sc2cc(C(F)(F)F)ccc12. The van der Waals surface area contributed by atoms with Gasteiger partial charge in [-0.2, -0.15) is 26.3 Å². The maximum absolute atomic E-state index is 13.9. The number of benzene rings is 3. The second kappa shape index (κ2) is 12.7. The van der Waals surface area contributed by atoms with Gasteiger partial charge in [-0.15, -0.1) is 11.3 Å². The van der Waals surface area contributed by atoms with Gasteiger partial charge in [-0.3, -0.25) is 9.59 Å². The third kappa shape index (κ3) is 6.71. The molecular formula is C33H27F7N2O5S. The lowest BCUT2D eigenvalue weighted by Crippen LogP contribution is -2.34.